The third-order valence-corrected chi connectivity index (χ3v) is 3.68. The molecule has 1 aliphatic rings. The number of carbonyl (C=O) groups is 1. The normalized spacial score (nSPS) is 19.2. The number of nitrogens with zero attached hydrogens (tertiary/aromatic N) is 3. The van der Waals surface area contributed by atoms with Crippen molar-refractivity contribution in [3.63, 3.8) is 0 Å². The van der Waals surface area contributed by atoms with E-state index in [9.17, 15) is 4.79 Å². The minimum absolute atomic E-state index is 0.0712. The van der Waals surface area contributed by atoms with E-state index in [4.69, 9.17) is 27.9 Å². The van der Waals surface area contributed by atoms with Crippen LogP contribution in [-0.4, -0.2) is 45.7 Å². The first-order chi connectivity index (χ1) is 10.2. The molecule has 1 atom stereocenters. The Balaban J connectivity index is 1.84. The largest absolute Gasteiger partial charge is 0.444 e. The van der Waals surface area contributed by atoms with Crippen molar-refractivity contribution in [1.29, 1.82) is 0 Å². The number of hydrogen-bond acceptors (Lipinski definition) is 5. The predicted molar refractivity (Wildman–Crippen MR) is 85.1 cm³/mol. The van der Waals surface area contributed by atoms with Crippen LogP contribution in [0.2, 0.25) is 10.4 Å². The lowest BCUT2D eigenvalue weighted by molar-refractivity contribution is 0.0505. The van der Waals surface area contributed by atoms with Gasteiger partial charge in [0.1, 0.15) is 10.8 Å². The van der Waals surface area contributed by atoms with E-state index in [1.807, 2.05) is 20.8 Å². The molecule has 0 aliphatic carbocycles. The molecule has 0 spiro atoms. The van der Waals surface area contributed by atoms with Crippen LogP contribution in [0.4, 0.5) is 4.79 Å². The second-order valence-corrected chi connectivity index (χ2v) is 7.02. The fourth-order valence-electron chi connectivity index (χ4n) is 2.28. The number of aromatic nitrogens is 2. The molecular weight excluding hydrogens is 327 g/mol. The first-order valence-corrected chi connectivity index (χ1v) is 7.87. The Morgan fingerprint density at radius 2 is 2.23 bits per heavy atom. The van der Waals surface area contributed by atoms with Crippen molar-refractivity contribution in [1.82, 2.24) is 20.2 Å². The molecule has 1 N–H and O–H groups in total. The van der Waals surface area contributed by atoms with Crippen LogP contribution in [0.5, 0.6) is 0 Å². The van der Waals surface area contributed by atoms with Gasteiger partial charge in [-0.3, -0.25) is 4.90 Å². The van der Waals surface area contributed by atoms with Crippen LogP contribution in [0.15, 0.2) is 6.20 Å². The van der Waals surface area contributed by atoms with Crippen molar-refractivity contribution in [2.75, 3.05) is 13.1 Å². The lowest BCUT2D eigenvalue weighted by Crippen LogP contribution is -2.40. The summed E-state index contributed by atoms with van der Waals surface area (Å²) in [5, 5.41) is 3.39. The molecule has 1 saturated heterocycles. The Labute approximate surface area is 140 Å². The molecule has 1 aromatic rings. The van der Waals surface area contributed by atoms with Gasteiger partial charge in [-0.05, 0) is 38.8 Å². The summed E-state index contributed by atoms with van der Waals surface area (Å²) in [5.74, 6) is 0. The lowest BCUT2D eigenvalue weighted by Gasteiger charge is -2.22. The number of likely N-dealkylation sites (tertiary alicyclic amines) is 1. The molecule has 0 unspecified atom stereocenters. The van der Waals surface area contributed by atoms with Gasteiger partial charge in [0.15, 0.2) is 0 Å². The minimum atomic E-state index is -0.490. The number of alkyl carbamates (subject to hydrolysis) is 1. The molecule has 22 heavy (non-hydrogen) atoms. The number of amides is 1. The summed E-state index contributed by atoms with van der Waals surface area (Å²) in [5.41, 5.74) is 0.334. The summed E-state index contributed by atoms with van der Waals surface area (Å²) in [6.45, 7) is 7.75. The summed E-state index contributed by atoms with van der Waals surface area (Å²) in [6, 6.07) is 0.0712. The summed E-state index contributed by atoms with van der Waals surface area (Å²) in [6.07, 6.45) is 2.12. The highest BCUT2D eigenvalue weighted by atomic mass is 35.5. The van der Waals surface area contributed by atoms with E-state index < -0.39 is 5.60 Å². The zero-order valence-corrected chi connectivity index (χ0v) is 14.4. The average Bonchev–Trinajstić information content (AvgIpc) is 2.77. The van der Waals surface area contributed by atoms with Crippen molar-refractivity contribution in [2.45, 2.75) is 45.4 Å². The fourth-order valence-corrected chi connectivity index (χ4v) is 2.65. The number of rotatable bonds is 3. The van der Waals surface area contributed by atoms with Crippen molar-refractivity contribution >= 4 is 29.3 Å². The number of carbonyl (C=O) groups excluding carboxylic acids is 1. The first kappa shape index (κ1) is 17.2. The third kappa shape index (κ3) is 5.26. The van der Waals surface area contributed by atoms with E-state index in [0.717, 1.165) is 25.1 Å². The van der Waals surface area contributed by atoms with Crippen molar-refractivity contribution in [3.05, 3.63) is 22.2 Å². The smallest absolute Gasteiger partial charge is 0.407 e. The van der Waals surface area contributed by atoms with E-state index in [2.05, 4.69) is 20.2 Å². The van der Waals surface area contributed by atoms with E-state index >= 15 is 0 Å². The zero-order chi connectivity index (χ0) is 16.3. The molecular formula is C14H20Cl2N4O2. The van der Waals surface area contributed by atoms with Gasteiger partial charge in [0.2, 0.25) is 5.28 Å². The van der Waals surface area contributed by atoms with Crippen LogP contribution in [-0.2, 0) is 11.3 Å². The zero-order valence-electron chi connectivity index (χ0n) is 12.9. The molecule has 1 fully saturated rings. The fraction of sp³-hybridized carbons (Fsp3) is 0.643. The van der Waals surface area contributed by atoms with Crippen LogP contribution in [0, 0.1) is 0 Å². The number of nitrogens with one attached hydrogen (secondary N) is 1. The van der Waals surface area contributed by atoms with Gasteiger partial charge in [-0.25, -0.2) is 14.8 Å². The Morgan fingerprint density at radius 1 is 1.50 bits per heavy atom. The molecule has 0 aromatic carbocycles. The number of ether oxygens (including phenoxy) is 1. The highest BCUT2D eigenvalue weighted by Crippen LogP contribution is 2.19. The Bertz CT molecular complexity index is 548. The molecule has 1 aromatic heterocycles. The minimum Gasteiger partial charge on any atom is -0.444 e. The second-order valence-electron chi connectivity index (χ2n) is 6.32. The molecule has 2 heterocycles. The van der Waals surface area contributed by atoms with Gasteiger partial charge < -0.3 is 10.1 Å². The summed E-state index contributed by atoms with van der Waals surface area (Å²) in [4.78, 5) is 21.8. The molecule has 8 heteroatoms. The van der Waals surface area contributed by atoms with Gasteiger partial charge in [-0.1, -0.05) is 11.6 Å². The topological polar surface area (TPSA) is 67.3 Å². The maximum atomic E-state index is 11.8. The second kappa shape index (κ2) is 6.98. The van der Waals surface area contributed by atoms with E-state index in [-0.39, 0.29) is 17.4 Å². The highest BCUT2D eigenvalue weighted by molar-refractivity contribution is 6.32. The van der Waals surface area contributed by atoms with Gasteiger partial charge in [0.25, 0.3) is 0 Å². The Morgan fingerprint density at radius 3 is 2.86 bits per heavy atom. The van der Waals surface area contributed by atoms with Gasteiger partial charge in [0.05, 0.1) is 0 Å². The van der Waals surface area contributed by atoms with Crippen LogP contribution >= 0.6 is 23.2 Å². The Hall–Kier alpha value is -1.11. The average molecular weight is 347 g/mol. The van der Waals surface area contributed by atoms with Crippen molar-refractivity contribution in [2.24, 2.45) is 0 Å². The summed E-state index contributed by atoms with van der Waals surface area (Å²) in [7, 11) is 0. The molecule has 122 valence electrons. The number of hydrogen-bond donors (Lipinski definition) is 1. The van der Waals surface area contributed by atoms with Crippen molar-refractivity contribution < 1.29 is 9.53 Å². The van der Waals surface area contributed by atoms with Crippen LogP contribution in [0.1, 0.15) is 32.8 Å². The van der Waals surface area contributed by atoms with Gasteiger partial charge in [0, 0.05) is 37.4 Å². The molecule has 6 nitrogen and oxygen atoms in total. The Kier molecular flexibility index (Phi) is 5.47. The monoisotopic (exact) mass is 346 g/mol. The van der Waals surface area contributed by atoms with E-state index in [0.29, 0.717) is 11.7 Å². The van der Waals surface area contributed by atoms with Gasteiger partial charge in [-0.2, -0.15) is 0 Å². The molecule has 0 saturated carbocycles. The molecule has 1 amide bonds. The van der Waals surface area contributed by atoms with Crippen LogP contribution in [0.3, 0.4) is 0 Å². The maximum absolute atomic E-state index is 11.8. The van der Waals surface area contributed by atoms with Gasteiger partial charge >= 0.3 is 6.09 Å². The third-order valence-electron chi connectivity index (χ3n) is 3.17. The molecule has 0 bridgehead atoms. The van der Waals surface area contributed by atoms with Crippen molar-refractivity contribution in [3.8, 4) is 0 Å². The molecule has 0 radical (unpaired) electrons. The van der Waals surface area contributed by atoms with Crippen LogP contribution in [0.25, 0.3) is 0 Å². The molecule has 2 rings (SSSR count). The van der Waals surface area contributed by atoms with Gasteiger partial charge in [-0.15, -0.1) is 0 Å². The SMILES string of the molecule is CC(C)(C)OC(=O)N[C@H]1CCN(Cc2cnc(Cl)nc2Cl)C1. The maximum Gasteiger partial charge on any atom is 0.407 e. The van der Waals surface area contributed by atoms with E-state index in [1.165, 1.54) is 0 Å². The summed E-state index contributed by atoms with van der Waals surface area (Å²) < 4.78 is 5.26. The lowest BCUT2D eigenvalue weighted by atomic mass is 10.2. The highest BCUT2D eigenvalue weighted by Gasteiger charge is 2.26. The first-order valence-electron chi connectivity index (χ1n) is 7.12. The molecule has 1 aliphatic heterocycles. The van der Waals surface area contributed by atoms with E-state index in [1.54, 1.807) is 6.20 Å². The standard InChI is InChI=1S/C14H20Cl2N4O2/c1-14(2,3)22-13(21)18-10-4-5-20(8-10)7-9-6-17-12(16)19-11(9)15/h6,10H,4-5,7-8H2,1-3H3,(H,18,21)/t10-/m0/s1. The van der Waals surface area contributed by atoms with Crippen LogP contribution < -0.4 is 5.32 Å². The quantitative estimate of drug-likeness (QED) is 0.673. The number of halogens is 2. The summed E-state index contributed by atoms with van der Waals surface area (Å²) >= 11 is 11.7. The predicted octanol–water partition coefficient (Wildman–Crippen LogP) is 2.88.